The first kappa shape index (κ1) is 14.6. The van der Waals surface area contributed by atoms with E-state index < -0.39 is 0 Å². The molecule has 0 saturated heterocycles. The average Bonchev–Trinajstić information content (AvgIpc) is 2.93. The van der Waals surface area contributed by atoms with Crippen LogP contribution in [0.25, 0.3) is 0 Å². The van der Waals surface area contributed by atoms with E-state index in [0.29, 0.717) is 36.1 Å². The van der Waals surface area contributed by atoms with Crippen LogP contribution in [-0.4, -0.2) is 42.8 Å². The number of carbonyl (C=O) groups excluding carboxylic acids is 2. The Morgan fingerprint density at radius 3 is 2.91 bits per heavy atom. The second kappa shape index (κ2) is 5.44. The van der Waals surface area contributed by atoms with Crippen LogP contribution in [0.5, 0.6) is 0 Å². The molecule has 0 saturated carbocycles. The van der Waals surface area contributed by atoms with Crippen molar-refractivity contribution in [2.75, 3.05) is 30.4 Å². The normalized spacial score (nSPS) is 16.5. The van der Waals surface area contributed by atoms with Crippen LogP contribution in [0.2, 0.25) is 0 Å². The molecule has 116 valence electrons. The Morgan fingerprint density at radius 2 is 2.18 bits per heavy atom. The molecule has 0 atom stereocenters. The van der Waals surface area contributed by atoms with E-state index in [4.69, 9.17) is 0 Å². The van der Waals surface area contributed by atoms with Crippen molar-refractivity contribution < 1.29 is 9.59 Å². The van der Waals surface area contributed by atoms with E-state index in [1.807, 2.05) is 30.9 Å². The molecule has 0 unspecified atom stereocenters. The third-order valence-electron chi connectivity index (χ3n) is 3.82. The monoisotopic (exact) mass is 300 g/mol. The van der Waals surface area contributed by atoms with Crippen molar-refractivity contribution in [1.82, 2.24) is 4.90 Å². The summed E-state index contributed by atoms with van der Waals surface area (Å²) >= 11 is 0. The fourth-order valence-electron chi connectivity index (χ4n) is 2.83. The van der Waals surface area contributed by atoms with Crippen molar-refractivity contribution in [3.63, 3.8) is 0 Å². The molecule has 1 N–H and O–H groups in total. The van der Waals surface area contributed by atoms with Crippen LogP contribution >= 0.6 is 0 Å². The predicted molar refractivity (Wildman–Crippen MR) is 86.3 cm³/mol. The molecule has 22 heavy (non-hydrogen) atoms. The van der Waals surface area contributed by atoms with E-state index >= 15 is 0 Å². The number of fused-ring (bicyclic) bond motifs is 3. The Balaban J connectivity index is 1.89. The average molecular weight is 300 g/mol. The lowest BCUT2D eigenvalue weighted by atomic mass is 10.1. The molecule has 3 rings (SSSR count). The molecule has 2 heterocycles. The highest BCUT2D eigenvalue weighted by Crippen LogP contribution is 2.32. The van der Waals surface area contributed by atoms with Crippen LogP contribution in [0.4, 0.5) is 11.4 Å². The molecule has 0 bridgehead atoms. The SMILES string of the molecule is CC(C)CC(=O)Nc1ccc2c(c1)C(=O)N(C)C1=NCCN12. The molecule has 0 aromatic heterocycles. The van der Waals surface area contributed by atoms with Gasteiger partial charge in [0, 0.05) is 25.7 Å². The van der Waals surface area contributed by atoms with Crippen molar-refractivity contribution in [2.45, 2.75) is 20.3 Å². The molecule has 2 aliphatic heterocycles. The Morgan fingerprint density at radius 1 is 1.41 bits per heavy atom. The summed E-state index contributed by atoms with van der Waals surface area (Å²) in [6.07, 6.45) is 0.466. The number of hydrogen-bond donors (Lipinski definition) is 1. The molecule has 0 aliphatic carbocycles. The van der Waals surface area contributed by atoms with Gasteiger partial charge in [0.25, 0.3) is 5.91 Å². The van der Waals surface area contributed by atoms with Gasteiger partial charge in [-0.3, -0.25) is 19.5 Å². The summed E-state index contributed by atoms with van der Waals surface area (Å²) in [6.45, 7) is 5.47. The largest absolute Gasteiger partial charge is 0.326 e. The molecule has 2 amide bonds. The van der Waals surface area contributed by atoms with Gasteiger partial charge in [-0.1, -0.05) is 13.8 Å². The first-order chi connectivity index (χ1) is 10.5. The number of nitrogens with zero attached hydrogens (tertiary/aromatic N) is 3. The second-order valence-electron chi connectivity index (χ2n) is 6.08. The van der Waals surface area contributed by atoms with Crippen LogP contribution in [0.1, 0.15) is 30.6 Å². The molecule has 1 aromatic carbocycles. The first-order valence-electron chi connectivity index (χ1n) is 7.51. The van der Waals surface area contributed by atoms with Gasteiger partial charge in [-0.05, 0) is 24.1 Å². The van der Waals surface area contributed by atoms with Gasteiger partial charge in [-0.25, -0.2) is 0 Å². The topological polar surface area (TPSA) is 65.0 Å². The summed E-state index contributed by atoms with van der Waals surface area (Å²) in [4.78, 5) is 32.3. The van der Waals surface area contributed by atoms with Gasteiger partial charge >= 0.3 is 0 Å². The maximum absolute atomic E-state index is 12.5. The Bertz CT molecular complexity index is 666. The van der Waals surface area contributed by atoms with Crippen molar-refractivity contribution in [2.24, 2.45) is 10.9 Å². The summed E-state index contributed by atoms with van der Waals surface area (Å²) in [5.41, 5.74) is 2.12. The number of carbonyl (C=O) groups is 2. The zero-order valence-corrected chi connectivity index (χ0v) is 13.1. The first-order valence-corrected chi connectivity index (χ1v) is 7.51. The predicted octanol–water partition coefficient (Wildman–Crippen LogP) is 1.93. The molecule has 6 heteroatoms. The van der Waals surface area contributed by atoms with E-state index in [-0.39, 0.29) is 11.8 Å². The highest BCUT2D eigenvalue weighted by Gasteiger charge is 2.35. The third-order valence-corrected chi connectivity index (χ3v) is 3.82. The van der Waals surface area contributed by atoms with Gasteiger partial charge in [-0.2, -0.15) is 0 Å². The van der Waals surface area contributed by atoms with Gasteiger partial charge in [0.1, 0.15) is 0 Å². The van der Waals surface area contributed by atoms with E-state index in [1.54, 1.807) is 18.0 Å². The van der Waals surface area contributed by atoms with E-state index in [9.17, 15) is 9.59 Å². The summed E-state index contributed by atoms with van der Waals surface area (Å²) < 4.78 is 0. The molecule has 0 fully saturated rings. The molecular weight excluding hydrogens is 280 g/mol. The van der Waals surface area contributed by atoms with Gasteiger partial charge in [0.05, 0.1) is 17.8 Å². The smallest absolute Gasteiger partial charge is 0.262 e. The minimum Gasteiger partial charge on any atom is -0.326 e. The van der Waals surface area contributed by atoms with Crippen molar-refractivity contribution in [1.29, 1.82) is 0 Å². The summed E-state index contributed by atoms with van der Waals surface area (Å²) in [6, 6.07) is 5.47. The molecule has 1 aromatic rings. The Labute approximate surface area is 129 Å². The maximum atomic E-state index is 12.5. The zero-order valence-electron chi connectivity index (χ0n) is 13.1. The highest BCUT2D eigenvalue weighted by atomic mass is 16.2. The number of hydrogen-bond acceptors (Lipinski definition) is 4. The van der Waals surface area contributed by atoms with Crippen LogP contribution < -0.4 is 10.2 Å². The molecular formula is C16H20N4O2. The Hall–Kier alpha value is -2.37. The second-order valence-corrected chi connectivity index (χ2v) is 6.08. The lowest BCUT2D eigenvalue weighted by Crippen LogP contribution is -2.48. The minimum absolute atomic E-state index is 0.0324. The molecule has 2 aliphatic rings. The Kier molecular flexibility index (Phi) is 3.60. The quantitative estimate of drug-likeness (QED) is 0.927. The lowest BCUT2D eigenvalue weighted by molar-refractivity contribution is -0.116. The maximum Gasteiger partial charge on any atom is 0.262 e. The standard InChI is InChI=1S/C16H20N4O2/c1-10(2)8-14(21)18-11-4-5-13-12(9-11)15(22)19(3)16-17-6-7-20(13)16/h4-5,9-10H,6-8H2,1-3H3,(H,18,21). The fourth-order valence-corrected chi connectivity index (χ4v) is 2.83. The number of benzene rings is 1. The van der Waals surface area contributed by atoms with Gasteiger partial charge in [0.2, 0.25) is 11.9 Å². The van der Waals surface area contributed by atoms with Crippen LogP contribution in [0.3, 0.4) is 0 Å². The fraction of sp³-hybridized carbons (Fsp3) is 0.438. The molecule has 0 radical (unpaired) electrons. The van der Waals surface area contributed by atoms with E-state index in [0.717, 1.165) is 12.2 Å². The van der Waals surface area contributed by atoms with Crippen LogP contribution in [0.15, 0.2) is 23.2 Å². The number of guanidine groups is 1. The van der Waals surface area contributed by atoms with Crippen LogP contribution in [-0.2, 0) is 4.79 Å². The van der Waals surface area contributed by atoms with Gasteiger partial charge in [-0.15, -0.1) is 0 Å². The van der Waals surface area contributed by atoms with E-state index in [1.165, 1.54) is 0 Å². The third kappa shape index (κ3) is 2.45. The molecule has 6 nitrogen and oxygen atoms in total. The summed E-state index contributed by atoms with van der Waals surface area (Å²) in [5.74, 6) is 0.879. The van der Waals surface area contributed by atoms with Crippen molar-refractivity contribution in [3.8, 4) is 0 Å². The summed E-state index contributed by atoms with van der Waals surface area (Å²) in [7, 11) is 1.73. The lowest BCUT2D eigenvalue weighted by Gasteiger charge is -2.33. The number of rotatable bonds is 3. The molecule has 0 spiro atoms. The zero-order chi connectivity index (χ0) is 15.9. The van der Waals surface area contributed by atoms with Crippen molar-refractivity contribution >= 4 is 29.1 Å². The summed E-state index contributed by atoms with van der Waals surface area (Å²) in [5, 5.41) is 2.86. The van der Waals surface area contributed by atoms with E-state index in [2.05, 4.69) is 10.3 Å². The highest BCUT2D eigenvalue weighted by molar-refractivity contribution is 6.19. The van der Waals surface area contributed by atoms with Gasteiger partial charge in [0.15, 0.2) is 0 Å². The van der Waals surface area contributed by atoms with Gasteiger partial charge < -0.3 is 10.2 Å². The van der Waals surface area contributed by atoms with Crippen molar-refractivity contribution in [3.05, 3.63) is 23.8 Å². The number of nitrogens with one attached hydrogen (secondary N) is 1. The van der Waals surface area contributed by atoms with Crippen LogP contribution in [0, 0.1) is 5.92 Å². The minimum atomic E-state index is -0.0909. The number of aliphatic imine (C=N–C) groups is 1. The number of anilines is 2. The number of amides is 2.